The van der Waals surface area contributed by atoms with Crippen molar-refractivity contribution in [3.05, 3.63) is 59.4 Å². The molecular weight excluding hydrogens is 290 g/mol. The molecular formula is C14H9F4NO2. The first-order valence-corrected chi connectivity index (χ1v) is 5.75. The number of anilines is 1. The fourth-order valence-electron chi connectivity index (χ4n) is 1.73. The van der Waals surface area contributed by atoms with Gasteiger partial charge in [0, 0.05) is 6.07 Å². The zero-order valence-corrected chi connectivity index (χ0v) is 10.4. The maximum atomic E-state index is 12.8. The average molecular weight is 299 g/mol. The van der Waals surface area contributed by atoms with E-state index in [4.69, 9.17) is 0 Å². The Morgan fingerprint density at radius 1 is 1.10 bits per heavy atom. The van der Waals surface area contributed by atoms with Crippen molar-refractivity contribution in [3.8, 4) is 5.75 Å². The highest BCUT2D eigenvalue weighted by Gasteiger charge is 2.33. The normalized spacial score (nSPS) is 11.2. The van der Waals surface area contributed by atoms with E-state index in [2.05, 4.69) is 5.32 Å². The minimum Gasteiger partial charge on any atom is -0.507 e. The number of para-hydroxylation sites is 1. The van der Waals surface area contributed by atoms with E-state index in [1.54, 1.807) is 0 Å². The molecule has 0 heterocycles. The predicted molar refractivity (Wildman–Crippen MR) is 67.5 cm³/mol. The average Bonchev–Trinajstić information content (AvgIpc) is 2.37. The zero-order valence-electron chi connectivity index (χ0n) is 10.4. The van der Waals surface area contributed by atoms with Gasteiger partial charge in [-0.3, -0.25) is 4.79 Å². The van der Waals surface area contributed by atoms with Crippen LogP contribution in [0.4, 0.5) is 23.2 Å². The fourth-order valence-corrected chi connectivity index (χ4v) is 1.73. The van der Waals surface area contributed by atoms with Crippen LogP contribution in [0, 0.1) is 5.82 Å². The quantitative estimate of drug-likeness (QED) is 0.829. The van der Waals surface area contributed by atoms with Crippen LogP contribution in [0.5, 0.6) is 5.75 Å². The molecule has 0 aromatic heterocycles. The highest BCUT2D eigenvalue weighted by molar-refractivity contribution is 6.06. The largest absolute Gasteiger partial charge is 0.507 e. The Kier molecular flexibility index (Phi) is 3.84. The lowest BCUT2D eigenvalue weighted by atomic mass is 10.1. The van der Waals surface area contributed by atoms with E-state index >= 15 is 0 Å². The standard InChI is InChI=1S/C14H9F4NO2/c15-8-5-6-9(12(20)7-8)13(21)19-11-4-2-1-3-10(11)14(16,17)18/h1-7,20H,(H,19,21). The molecule has 2 aromatic carbocycles. The predicted octanol–water partition coefficient (Wildman–Crippen LogP) is 3.80. The Hall–Kier alpha value is -2.57. The van der Waals surface area contributed by atoms with Crippen LogP contribution in [0.25, 0.3) is 0 Å². The number of carbonyl (C=O) groups is 1. The molecule has 7 heteroatoms. The molecule has 0 saturated heterocycles. The third-order valence-electron chi connectivity index (χ3n) is 2.69. The SMILES string of the molecule is O=C(Nc1ccccc1C(F)(F)F)c1ccc(F)cc1O. The minimum atomic E-state index is -4.63. The van der Waals surface area contributed by atoms with Crippen molar-refractivity contribution in [1.29, 1.82) is 0 Å². The number of benzene rings is 2. The van der Waals surface area contributed by atoms with Gasteiger partial charge in [-0.15, -0.1) is 0 Å². The molecule has 2 N–H and O–H groups in total. The number of hydrogen-bond acceptors (Lipinski definition) is 2. The Morgan fingerprint density at radius 2 is 1.76 bits per heavy atom. The van der Waals surface area contributed by atoms with E-state index in [0.29, 0.717) is 6.07 Å². The van der Waals surface area contributed by atoms with Crippen molar-refractivity contribution >= 4 is 11.6 Å². The summed E-state index contributed by atoms with van der Waals surface area (Å²) < 4.78 is 51.2. The third-order valence-corrected chi connectivity index (χ3v) is 2.69. The molecule has 3 nitrogen and oxygen atoms in total. The number of phenolic OH excluding ortho intramolecular Hbond substituents is 1. The van der Waals surface area contributed by atoms with Crippen molar-refractivity contribution in [1.82, 2.24) is 0 Å². The summed E-state index contributed by atoms with van der Waals surface area (Å²) in [5.41, 5.74) is -1.79. The van der Waals surface area contributed by atoms with E-state index in [9.17, 15) is 27.5 Å². The lowest BCUT2D eigenvalue weighted by Gasteiger charge is -2.13. The van der Waals surface area contributed by atoms with Gasteiger partial charge < -0.3 is 10.4 Å². The van der Waals surface area contributed by atoms with Crippen LogP contribution < -0.4 is 5.32 Å². The van der Waals surface area contributed by atoms with Gasteiger partial charge in [0.25, 0.3) is 5.91 Å². The summed E-state index contributed by atoms with van der Waals surface area (Å²) in [6.45, 7) is 0. The number of hydrogen-bond donors (Lipinski definition) is 2. The van der Waals surface area contributed by atoms with Crippen molar-refractivity contribution in [2.24, 2.45) is 0 Å². The first-order valence-electron chi connectivity index (χ1n) is 5.75. The molecule has 2 aromatic rings. The van der Waals surface area contributed by atoms with Gasteiger partial charge in [0.15, 0.2) is 0 Å². The van der Waals surface area contributed by atoms with Gasteiger partial charge in [-0.05, 0) is 24.3 Å². The maximum absolute atomic E-state index is 12.8. The number of phenols is 1. The summed E-state index contributed by atoms with van der Waals surface area (Å²) in [6.07, 6.45) is -4.63. The van der Waals surface area contributed by atoms with Crippen molar-refractivity contribution < 1.29 is 27.5 Å². The van der Waals surface area contributed by atoms with E-state index in [1.807, 2.05) is 0 Å². The lowest BCUT2D eigenvalue weighted by Crippen LogP contribution is -2.16. The van der Waals surface area contributed by atoms with E-state index in [1.165, 1.54) is 12.1 Å². The fraction of sp³-hybridized carbons (Fsp3) is 0.0714. The van der Waals surface area contributed by atoms with Gasteiger partial charge in [0.2, 0.25) is 0 Å². The van der Waals surface area contributed by atoms with E-state index in [-0.39, 0.29) is 5.56 Å². The Labute approximate surface area is 116 Å². The zero-order chi connectivity index (χ0) is 15.6. The number of rotatable bonds is 2. The third kappa shape index (κ3) is 3.31. The molecule has 0 unspecified atom stereocenters. The van der Waals surface area contributed by atoms with Gasteiger partial charge in [0.05, 0.1) is 16.8 Å². The number of halogens is 4. The molecule has 0 radical (unpaired) electrons. The number of carbonyl (C=O) groups excluding carboxylic acids is 1. The van der Waals surface area contributed by atoms with Crippen LogP contribution >= 0.6 is 0 Å². The van der Waals surface area contributed by atoms with Gasteiger partial charge >= 0.3 is 6.18 Å². The maximum Gasteiger partial charge on any atom is 0.418 e. The molecule has 0 atom stereocenters. The molecule has 0 fully saturated rings. The summed E-state index contributed by atoms with van der Waals surface area (Å²) in [4.78, 5) is 11.9. The second-order valence-electron chi connectivity index (χ2n) is 4.16. The van der Waals surface area contributed by atoms with Gasteiger partial charge in [0.1, 0.15) is 11.6 Å². The molecule has 0 saturated carbocycles. The van der Waals surface area contributed by atoms with E-state index in [0.717, 1.165) is 24.3 Å². The van der Waals surface area contributed by atoms with Crippen molar-refractivity contribution in [2.75, 3.05) is 5.32 Å². The monoisotopic (exact) mass is 299 g/mol. The molecule has 2 rings (SSSR count). The van der Waals surface area contributed by atoms with Gasteiger partial charge in [-0.1, -0.05) is 12.1 Å². The number of aromatic hydroxyl groups is 1. The summed E-state index contributed by atoms with van der Waals surface area (Å²) in [5, 5.41) is 11.5. The first-order chi connectivity index (χ1) is 9.79. The molecule has 0 bridgehead atoms. The summed E-state index contributed by atoms with van der Waals surface area (Å²) in [7, 11) is 0. The van der Waals surface area contributed by atoms with Crippen LogP contribution in [-0.4, -0.2) is 11.0 Å². The molecule has 1 amide bonds. The van der Waals surface area contributed by atoms with Crippen LogP contribution in [0.3, 0.4) is 0 Å². The van der Waals surface area contributed by atoms with Crippen LogP contribution in [0.15, 0.2) is 42.5 Å². The number of nitrogens with one attached hydrogen (secondary N) is 1. The smallest absolute Gasteiger partial charge is 0.418 e. The van der Waals surface area contributed by atoms with Crippen LogP contribution in [-0.2, 0) is 6.18 Å². The topological polar surface area (TPSA) is 49.3 Å². The summed E-state index contributed by atoms with van der Waals surface area (Å²) in [5.74, 6) is -2.39. The Bertz CT molecular complexity index is 683. The molecule has 110 valence electrons. The molecule has 21 heavy (non-hydrogen) atoms. The molecule has 0 aliphatic rings. The van der Waals surface area contributed by atoms with Crippen LogP contribution in [0.2, 0.25) is 0 Å². The van der Waals surface area contributed by atoms with Gasteiger partial charge in [-0.25, -0.2) is 4.39 Å². The second-order valence-corrected chi connectivity index (χ2v) is 4.16. The highest BCUT2D eigenvalue weighted by Crippen LogP contribution is 2.35. The van der Waals surface area contributed by atoms with E-state index < -0.39 is 34.9 Å². The lowest BCUT2D eigenvalue weighted by molar-refractivity contribution is -0.136. The molecule has 0 aliphatic heterocycles. The second kappa shape index (κ2) is 5.43. The van der Waals surface area contributed by atoms with Gasteiger partial charge in [-0.2, -0.15) is 13.2 Å². The minimum absolute atomic E-state index is 0.326. The van der Waals surface area contributed by atoms with Crippen molar-refractivity contribution in [2.45, 2.75) is 6.18 Å². The number of amides is 1. The van der Waals surface area contributed by atoms with Crippen LogP contribution in [0.1, 0.15) is 15.9 Å². The summed E-state index contributed by atoms with van der Waals surface area (Å²) >= 11 is 0. The summed E-state index contributed by atoms with van der Waals surface area (Å²) in [6, 6.07) is 7.02. The van der Waals surface area contributed by atoms with Crippen molar-refractivity contribution in [3.63, 3.8) is 0 Å². The first kappa shape index (κ1) is 14.8. The molecule has 0 aliphatic carbocycles. The number of alkyl halides is 3. The highest BCUT2D eigenvalue weighted by atomic mass is 19.4. The molecule has 0 spiro atoms. The Balaban J connectivity index is 2.32. The Morgan fingerprint density at radius 3 is 2.38 bits per heavy atom.